The van der Waals surface area contributed by atoms with E-state index in [9.17, 15) is 0 Å². The maximum absolute atomic E-state index is 6.00. The van der Waals surface area contributed by atoms with E-state index in [1.807, 2.05) is 0 Å². The summed E-state index contributed by atoms with van der Waals surface area (Å²) in [5.74, 6) is 2.57. The molecule has 0 aromatic carbocycles. The van der Waals surface area contributed by atoms with Crippen LogP contribution in [0.1, 0.15) is 64.4 Å². The molecule has 1 saturated carbocycles. The molecule has 4 nitrogen and oxygen atoms in total. The Morgan fingerprint density at radius 2 is 1.95 bits per heavy atom. The van der Waals surface area contributed by atoms with Crippen LogP contribution in [-0.2, 0) is 0 Å². The van der Waals surface area contributed by atoms with E-state index in [4.69, 9.17) is 5.73 Å². The second-order valence-electron chi connectivity index (χ2n) is 6.04. The fourth-order valence-corrected chi connectivity index (χ4v) is 2.98. The third-order valence-electron chi connectivity index (χ3n) is 4.18. The van der Waals surface area contributed by atoms with Gasteiger partial charge in [-0.3, -0.25) is 0 Å². The Kier molecular flexibility index (Phi) is 4.61. The molecule has 1 heterocycles. The lowest BCUT2D eigenvalue weighted by molar-refractivity contribution is 0.455. The van der Waals surface area contributed by atoms with Crippen molar-refractivity contribution in [2.24, 2.45) is 5.92 Å². The van der Waals surface area contributed by atoms with Crippen molar-refractivity contribution in [1.82, 2.24) is 9.97 Å². The molecule has 2 atom stereocenters. The van der Waals surface area contributed by atoms with Crippen LogP contribution >= 0.6 is 0 Å². The summed E-state index contributed by atoms with van der Waals surface area (Å²) in [6.07, 6.45) is 8.09. The molecule has 2 unspecified atom stereocenters. The SMILES string of the molecule is CC(C)c1c(N)ncnc1NC1CCCCCC1C. The Hall–Kier alpha value is -1.32. The first-order valence-corrected chi connectivity index (χ1v) is 7.46. The number of nitrogens with one attached hydrogen (secondary N) is 1. The van der Waals surface area contributed by atoms with Gasteiger partial charge in [0.15, 0.2) is 0 Å². The molecule has 1 aromatic rings. The highest BCUT2D eigenvalue weighted by Crippen LogP contribution is 2.30. The Morgan fingerprint density at radius 1 is 1.21 bits per heavy atom. The molecule has 0 aliphatic heterocycles. The lowest BCUT2D eigenvalue weighted by Crippen LogP contribution is -2.27. The predicted molar refractivity (Wildman–Crippen MR) is 80.2 cm³/mol. The number of hydrogen-bond donors (Lipinski definition) is 2. The highest BCUT2D eigenvalue weighted by atomic mass is 15.1. The molecule has 106 valence electrons. The quantitative estimate of drug-likeness (QED) is 0.817. The number of nitrogens with zero attached hydrogens (tertiary/aromatic N) is 2. The molecule has 1 aliphatic carbocycles. The summed E-state index contributed by atoms with van der Waals surface area (Å²) >= 11 is 0. The van der Waals surface area contributed by atoms with Crippen LogP contribution in [0.15, 0.2) is 6.33 Å². The summed E-state index contributed by atoms with van der Waals surface area (Å²) in [4.78, 5) is 8.54. The highest BCUT2D eigenvalue weighted by Gasteiger charge is 2.22. The van der Waals surface area contributed by atoms with Crippen molar-refractivity contribution in [2.75, 3.05) is 11.1 Å². The monoisotopic (exact) mass is 262 g/mol. The second kappa shape index (κ2) is 6.22. The molecular weight excluding hydrogens is 236 g/mol. The lowest BCUT2D eigenvalue weighted by Gasteiger charge is -2.25. The third kappa shape index (κ3) is 3.37. The first kappa shape index (κ1) is 14.1. The van der Waals surface area contributed by atoms with Crippen LogP contribution in [0.25, 0.3) is 0 Å². The molecule has 1 aliphatic rings. The summed E-state index contributed by atoms with van der Waals surface area (Å²) in [6.45, 7) is 6.61. The fourth-order valence-electron chi connectivity index (χ4n) is 2.98. The molecule has 1 aromatic heterocycles. The predicted octanol–water partition coefficient (Wildman–Crippen LogP) is 3.56. The minimum atomic E-state index is 0.338. The summed E-state index contributed by atoms with van der Waals surface area (Å²) < 4.78 is 0. The normalized spacial score (nSPS) is 24.2. The van der Waals surface area contributed by atoms with E-state index in [-0.39, 0.29) is 0 Å². The van der Waals surface area contributed by atoms with Crippen LogP contribution in [0.4, 0.5) is 11.6 Å². The number of nitrogen functional groups attached to an aromatic ring is 1. The van der Waals surface area contributed by atoms with Crippen molar-refractivity contribution in [1.29, 1.82) is 0 Å². The fraction of sp³-hybridized carbons (Fsp3) is 0.733. The van der Waals surface area contributed by atoms with Crippen LogP contribution in [0, 0.1) is 5.92 Å². The van der Waals surface area contributed by atoms with E-state index in [1.54, 1.807) is 6.33 Å². The largest absolute Gasteiger partial charge is 0.383 e. The average Bonchev–Trinajstić information content (AvgIpc) is 2.54. The molecule has 3 N–H and O–H groups in total. The van der Waals surface area contributed by atoms with E-state index in [1.165, 1.54) is 32.1 Å². The second-order valence-corrected chi connectivity index (χ2v) is 6.04. The van der Waals surface area contributed by atoms with Gasteiger partial charge in [0.2, 0.25) is 0 Å². The smallest absolute Gasteiger partial charge is 0.135 e. The molecule has 0 saturated heterocycles. The van der Waals surface area contributed by atoms with E-state index < -0.39 is 0 Å². The van der Waals surface area contributed by atoms with Crippen LogP contribution in [0.5, 0.6) is 0 Å². The zero-order valence-electron chi connectivity index (χ0n) is 12.3. The minimum absolute atomic E-state index is 0.338. The molecule has 0 spiro atoms. The highest BCUT2D eigenvalue weighted by molar-refractivity contribution is 5.57. The van der Waals surface area contributed by atoms with E-state index in [0.717, 1.165) is 11.4 Å². The van der Waals surface area contributed by atoms with Gasteiger partial charge in [0.05, 0.1) is 0 Å². The Balaban J connectivity index is 2.20. The summed E-state index contributed by atoms with van der Waals surface area (Å²) in [7, 11) is 0. The van der Waals surface area contributed by atoms with E-state index in [2.05, 4.69) is 36.1 Å². The van der Waals surface area contributed by atoms with Gasteiger partial charge in [0.1, 0.15) is 18.0 Å². The van der Waals surface area contributed by atoms with E-state index in [0.29, 0.717) is 23.7 Å². The van der Waals surface area contributed by atoms with Crippen molar-refractivity contribution in [3.8, 4) is 0 Å². The van der Waals surface area contributed by atoms with Gasteiger partial charge in [-0.15, -0.1) is 0 Å². The van der Waals surface area contributed by atoms with E-state index >= 15 is 0 Å². The van der Waals surface area contributed by atoms with Gasteiger partial charge in [-0.1, -0.05) is 40.0 Å². The van der Waals surface area contributed by atoms with Crippen LogP contribution in [0.3, 0.4) is 0 Å². The van der Waals surface area contributed by atoms with Gasteiger partial charge in [0, 0.05) is 11.6 Å². The molecule has 2 rings (SSSR count). The van der Waals surface area contributed by atoms with Gasteiger partial charge >= 0.3 is 0 Å². The first-order valence-electron chi connectivity index (χ1n) is 7.46. The first-order chi connectivity index (χ1) is 9.09. The molecule has 19 heavy (non-hydrogen) atoms. The van der Waals surface area contributed by atoms with Crippen molar-refractivity contribution < 1.29 is 0 Å². The molecule has 1 fully saturated rings. The Morgan fingerprint density at radius 3 is 2.68 bits per heavy atom. The summed E-state index contributed by atoms with van der Waals surface area (Å²) in [6, 6.07) is 0.509. The maximum Gasteiger partial charge on any atom is 0.135 e. The van der Waals surface area contributed by atoms with Crippen LogP contribution in [-0.4, -0.2) is 16.0 Å². The zero-order valence-corrected chi connectivity index (χ0v) is 12.3. The third-order valence-corrected chi connectivity index (χ3v) is 4.18. The molecule has 0 amide bonds. The zero-order chi connectivity index (χ0) is 13.8. The number of hydrogen-bond acceptors (Lipinski definition) is 4. The molecular formula is C15H26N4. The van der Waals surface area contributed by atoms with Crippen molar-refractivity contribution >= 4 is 11.6 Å². The average molecular weight is 262 g/mol. The Bertz CT molecular complexity index is 417. The van der Waals surface area contributed by atoms with Crippen molar-refractivity contribution in [2.45, 2.75) is 64.8 Å². The number of anilines is 2. The number of nitrogens with two attached hydrogens (primary N) is 1. The molecule has 0 radical (unpaired) electrons. The van der Waals surface area contributed by atoms with Crippen molar-refractivity contribution in [3.63, 3.8) is 0 Å². The topological polar surface area (TPSA) is 63.8 Å². The molecule has 0 bridgehead atoms. The van der Waals surface area contributed by atoms with Gasteiger partial charge < -0.3 is 11.1 Å². The number of rotatable bonds is 3. The van der Waals surface area contributed by atoms with Crippen molar-refractivity contribution in [3.05, 3.63) is 11.9 Å². The van der Waals surface area contributed by atoms with Gasteiger partial charge in [0.25, 0.3) is 0 Å². The lowest BCUT2D eigenvalue weighted by atomic mass is 9.96. The summed E-state index contributed by atoms with van der Waals surface area (Å²) in [5, 5.41) is 3.63. The van der Waals surface area contributed by atoms with Gasteiger partial charge in [-0.2, -0.15) is 0 Å². The maximum atomic E-state index is 6.00. The minimum Gasteiger partial charge on any atom is -0.383 e. The van der Waals surface area contributed by atoms with Crippen LogP contribution in [0.2, 0.25) is 0 Å². The van der Waals surface area contributed by atoms with Gasteiger partial charge in [-0.25, -0.2) is 9.97 Å². The molecule has 4 heteroatoms. The summed E-state index contributed by atoms with van der Waals surface area (Å²) in [5.41, 5.74) is 7.06. The van der Waals surface area contributed by atoms with Gasteiger partial charge in [-0.05, 0) is 24.7 Å². The Labute approximate surface area is 116 Å². The number of aromatic nitrogens is 2. The standard InChI is InChI=1S/C15H26N4/c1-10(2)13-14(16)17-9-18-15(13)19-12-8-6-4-5-7-11(12)3/h9-12H,4-8H2,1-3H3,(H3,16,17,18,19). The van der Waals surface area contributed by atoms with Crippen LogP contribution < -0.4 is 11.1 Å².